The lowest BCUT2D eigenvalue weighted by atomic mass is 10.0. The highest BCUT2D eigenvalue weighted by molar-refractivity contribution is 5.32. The van der Waals surface area contributed by atoms with Crippen LogP contribution < -0.4 is 5.73 Å². The van der Waals surface area contributed by atoms with Crippen molar-refractivity contribution < 1.29 is 0 Å². The summed E-state index contributed by atoms with van der Waals surface area (Å²) in [6, 6.07) is 10.3. The molecule has 2 N–H and O–H groups in total. The van der Waals surface area contributed by atoms with E-state index in [1.807, 2.05) is 45.9 Å². The van der Waals surface area contributed by atoms with Gasteiger partial charge in [0, 0.05) is 18.2 Å². The Labute approximate surface area is 122 Å². The number of aromatic nitrogens is 5. The Morgan fingerprint density at radius 2 is 2.05 bits per heavy atom. The molecule has 0 bridgehead atoms. The number of nitrogens with zero attached hydrogens (tertiary/aromatic N) is 5. The maximum atomic E-state index is 5.73. The van der Waals surface area contributed by atoms with Crippen molar-refractivity contribution in [3.05, 3.63) is 54.1 Å². The van der Waals surface area contributed by atoms with E-state index in [-0.39, 0.29) is 6.04 Å². The first kappa shape index (κ1) is 12.1. The highest BCUT2D eigenvalue weighted by Crippen LogP contribution is 2.29. The van der Waals surface area contributed by atoms with Crippen molar-refractivity contribution in [3.8, 4) is 5.69 Å². The van der Waals surface area contributed by atoms with Gasteiger partial charge < -0.3 is 5.73 Å². The molecule has 0 radical (unpaired) electrons. The number of rotatable bonds is 2. The molecule has 2 aromatic heterocycles. The van der Waals surface area contributed by atoms with Crippen molar-refractivity contribution in [1.82, 2.24) is 24.5 Å². The molecule has 0 saturated carbocycles. The summed E-state index contributed by atoms with van der Waals surface area (Å²) in [5, 5.41) is 8.80. The number of nitrogens with two attached hydrogens (primary N) is 1. The summed E-state index contributed by atoms with van der Waals surface area (Å²) in [5.41, 5.74) is 7.93. The fourth-order valence-electron chi connectivity index (χ4n) is 2.91. The van der Waals surface area contributed by atoms with Crippen LogP contribution in [0.25, 0.3) is 5.69 Å². The van der Waals surface area contributed by atoms with Crippen molar-refractivity contribution in [1.29, 1.82) is 0 Å². The predicted molar refractivity (Wildman–Crippen MR) is 79.1 cm³/mol. The van der Waals surface area contributed by atoms with E-state index in [2.05, 4.69) is 21.4 Å². The lowest BCUT2D eigenvalue weighted by Crippen LogP contribution is -2.20. The maximum Gasteiger partial charge on any atom is 0.239 e. The Kier molecular flexibility index (Phi) is 2.73. The van der Waals surface area contributed by atoms with Crippen LogP contribution in [0.4, 0.5) is 5.95 Å². The zero-order valence-electron chi connectivity index (χ0n) is 11.6. The molecule has 6 heteroatoms. The molecule has 0 amide bonds. The molecular formula is C15H16N6. The molecule has 106 valence electrons. The van der Waals surface area contributed by atoms with Crippen LogP contribution in [0.5, 0.6) is 0 Å². The normalized spacial score (nSPS) is 17.6. The first-order chi connectivity index (χ1) is 10.3. The smallest absolute Gasteiger partial charge is 0.239 e. The van der Waals surface area contributed by atoms with Crippen LogP contribution in [-0.2, 0) is 6.42 Å². The van der Waals surface area contributed by atoms with E-state index in [1.165, 1.54) is 0 Å². The van der Waals surface area contributed by atoms with Crippen LogP contribution >= 0.6 is 0 Å². The Morgan fingerprint density at radius 1 is 1.19 bits per heavy atom. The van der Waals surface area contributed by atoms with Crippen molar-refractivity contribution in [2.24, 2.45) is 0 Å². The average molecular weight is 280 g/mol. The third-order valence-electron chi connectivity index (χ3n) is 3.90. The van der Waals surface area contributed by atoms with E-state index in [4.69, 9.17) is 5.73 Å². The molecule has 4 rings (SSSR count). The van der Waals surface area contributed by atoms with Crippen molar-refractivity contribution >= 4 is 5.95 Å². The standard InChI is InChI=1S/C15H16N6/c16-15-18-14-8-4-7-13(21(14)19-15)11-9-17-20(10-11)12-5-2-1-3-6-12/h1-3,5-6,9-10,13H,4,7-8H2,(H2,16,19). The second-order valence-corrected chi connectivity index (χ2v) is 5.29. The van der Waals surface area contributed by atoms with E-state index < -0.39 is 0 Å². The van der Waals surface area contributed by atoms with Crippen LogP contribution in [-0.4, -0.2) is 24.5 Å². The zero-order chi connectivity index (χ0) is 14.2. The SMILES string of the molecule is Nc1nc2n(n1)C(c1cnn(-c3ccccc3)c1)CCC2. The molecule has 1 aliphatic heterocycles. The predicted octanol–water partition coefficient (Wildman–Crippen LogP) is 1.97. The second-order valence-electron chi connectivity index (χ2n) is 5.29. The van der Waals surface area contributed by atoms with Gasteiger partial charge in [-0.1, -0.05) is 18.2 Å². The largest absolute Gasteiger partial charge is 0.366 e. The maximum absolute atomic E-state index is 5.73. The number of aryl methyl sites for hydroxylation is 1. The van der Waals surface area contributed by atoms with E-state index in [9.17, 15) is 0 Å². The lowest BCUT2D eigenvalue weighted by molar-refractivity contribution is 0.412. The topological polar surface area (TPSA) is 74.6 Å². The summed E-state index contributed by atoms with van der Waals surface area (Å²) >= 11 is 0. The molecule has 0 saturated heterocycles. The van der Waals surface area contributed by atoms with Gasteiger partial charge in [-0.05, 0) is 25.0 Å². The molecule has 1 aliphatic rings. The molecule has 1 aromatic carbocycles. The number of para-hydroxylation sites is 1. The van der Waals surface area contributed by atoms with Gasteiger partial charge in [0.05, 0.1) is 17.9 Å². The summed E-state index contributed by atoms with van der Waals surface area (Å²) in [6.45, 7) is 0. The summed E-state index contributed by atoms with van der Waals surface area (Å²) in [7, 11) is 0. The minimum absolute atomic E-state index is 0.177. The summed E-state index contributed by atoms with van der Waals surface area (Å²) in [5.74, 6) is 1.32. The van der Waals surface area contributed by atoms with Crippen LogP contribution in [0.15, 0.2) is 42.7 Å². The first-order valence-electron chi connectivity index (χ1n) is 7.12. The molecule has 0 aliphatic carbocycles. The van der Waals surface area contributed by atoms with Crippen LogP contribution in [0, 0.1) is 0 Å². The van der Waals surface area contributed by atoms with Gasteiger partial charge in [-0.2, -0.15) is 10.1 Å². The number of benzene rings is 1. The van der Waals surface area contributed by atoms with Crippen molar-refractivity contribution in [3.63, 3.8) is 0 Å². The number of nitrogen functional groups attached to an aromatic ring is 1. The van der Waals surface area contributed by atoms with Crippen molar-refractivity contribution in [2.75, 3.05) is 5.73 Å². The molecule has 0 fully saturated rings. The Morgan fingerprint density at radius 3 is 2.90 bits per heavy atom. The Hall–Kier alpha value is -2.63. The van der Waals surface area contributed by atoms with Gasteiger partial charge in [0.2, 0.25) is 5.95 Å². The van der Waals surface area contributed by atoms with Crippen molar-refractivity contribution in [2.45, 2.75) is 25.3 Å². The van der Waals surface area contributed by atoms with Gasteiger partial charge in [-0.3, -0.25) is 0 Å². The van der Waals surface area contributed by atoms with Crippen LogP contribution in [0.2, 0.25) is 0 Å². The molecule has 21 heavy (non-hydrogen) atoms. The number of fused-ring (bicyclic) bond motifs is 1. The van der Waals surface area contributed by atoms with Gasteiger partial charge in [0.25, 0.3) is 0 Å². The fourth-order valence-corrected chi connectivity index (χ4v) is 2.91. The highest BCUT2D eigenvalue weighted by Gasteiger charge is 2.25. The third kappa shape index (κ3) is 2.08. The number of anilines is 1. The molecule has 3 heterocycles. The van der Waals surface area contributed by atoms with Gasteiger partial charge in [0.15, 0.2) is 0 Å². The van der Waals surface area contributed by atoms with E-state index in [0.29, 0.717) is 5.95 Å². The molecule has 6 nitrogen and oxygen atoms in total. The quantitative estimate of drug-likeness (QED) is 0.778. The minimum atomic E-state index is 0.177. The summed E-state index contributed by atoms with van der Waals surface area (Å²) < 4.78 is 3.84. The highest BCUT2D eigenvalue weighted by atomic mass is 15.4. The number of hydrogen-bond donors (Lipinski definition) is 1. The Bertz CT molecular complexity index is 758. The second kappa shape index (κ2) is 4.73. The van der Waals surface area contributed by atoms with Gasteiger partial charge >= 0.3 is 0 Å². The molecule has 3 aromatic rings. The third-order valence-corrected chi connectivity index (χ3v) is 3.90. The Balaban J connectivity index is 1.71. The molecule has 1 atom stereocenters. The molecule has 1 unspecified atom stereocenters. The van der Waals surface area contributed by atoms with Crippen LogP contribution in [0.3, 0.4) is 0 Å². The summed E-state index contributed by atoms with van der Waals surface area (Å²) in [6.07, 6.45) is 7.04. The van der Waals surface area contributed by atoms with Gasteiger partial charge in [0.1, 0.15) is 5.82 Å². The van der Waals surface area contributed by atoms with Crippen LogP contribution in [0.1, 0.15) is 30.3 Å². The first-order valence-corrected chi connectivity index (χ1v) is 7.12. The fraction of sp³-hybridized carbons (Fsp3) is 0.267. The van der Waals surface area contributed by atoms with Gasteiger partial charge in [-0.25, -0.2) is 9.36 Å². The molecule has 0 spiro atoms. The zero-order valence-corrected chi connectivity index (χ0v) is 11.6. The average Bonchev–Trinajstić information content (AvgIpc) is 3.13. The van der Waals surface area contributed by atoms with Gasteiger partial charge in [-0.15, -0.1) is 5.10 Å². The van der Waals surface area contributed by atoms with E-state index in [0.717, 1.165) is 36.3 Å². The summed E-state index contributed by atoms with van der Waals surface area (Å²) in [4.78, 5) is 4.29. The lowest BCUT2D eigenvalue weighted by Gasteiger charge is -2.22. The van der Waals surface area contributed by atoms with E-state index in [1.54, 1.807) is 0 Å². The number of hydrogen-bond acceptors (Lipinski definition) is 4. The minimum Gasteiger partial charge on any atom is -0.366 e. The monoisotopic (exact) mass is 280 g/mol. The molecular weight excluding hydrogens is 264 g/mol. The van der Waals surface area contributed by atoms with E-state index >= 15 is 0 Å².